The van der Waals surface area contributed by atoms with Gasteiger partial charge in [0.15, 0.2) is 11.5 Å². The van der Waals surface area contributed by atoms with Gasteiger partial charge in [-0.3, -0.25) is 9.59 Å². The molecule has 1 fully saturated rings. The van der Waals surface area contributed by atoms with Crippen LogP contribution in [0.5, 0.6) is 11.5 Å². The average Bonchev–Trinajstić information content (AvgIpc) is 3.10. The molecule has 2 heterocycles. The summed E-state index contributed by atoms with van der Waals surface area (Å²) in [6.07, 6.45) is 0.213. The molecule has 7 heteroatoms. The molecule has 2 atom stereocenters. The van der Waals surface area contributed by atoms with Crippen LogP contribution < -0.4 is 14.8 Å². The number of nitrogens with one attached hydrogen (secondary N) is 1. The van der Waals surface area contributed by atoms with Gasteiger partial charge >= 0.3 is 0 Å². The van der Waals surface area contributed by atoms with Gasteiger partial charge in [-0.05, 0) is 28.4 Å². The van der Waals surface area contributed by atoms with Crippen molar-refractivity contribution in [3.8, 4) is 11.5 Å². The fraction of sp³-hybridized carbons (Fsp3) is 0.333. The minimum absolute atomic E-state index is 0.00209. The van der Waals surface area contributed by atoms with Crippen molar-refractivity contribution in [2.24, 2.45) is 5.92 Å². The van der Waals surface area contributed by atoms with Gasteiger partial charge < -0.3 is 19.7 Å². The van der Waals surface area contributed by atoms with Crippen molar-refractivity contribution in [2.75, 3.05) is 25.1 Å². The number of nitrogens with zero attached hydrogens (tertiary/aromatic N) is 1. The summed E-state index contributed by atoms with van der Waals surface area (Å²) in [4.78, 5) is 27.1. The van der Waals surface area contributed by atoms with Crippen LogP contribution in [0.4, 0.5) is 5.69 Å². The second-order valence-electron chi connectivity index (χ2n) is 7.00. The fourth-order valence-corrected chi connectivity index (χ4v) is 4.01. The smallest absolute Gasteiger partial charge is 0.229 e. The van der Waals surface area contributed by atoms with E-state index in [1.54, 1.807) is 17.0 Å². The summed E-state index contributed by atoms with van der Waals surface area (Å²) in [5.41, 5.74) is 1.67. The van der Waals surface area contributed by atoms with Crippen LogP contribution in [0.3, 0.4) is 0 Å². The van der Waals surface area contributed by atoms with E-state index in [0.717, 1.165) is 5.56 Å². The van der Waals surface area contributed by atoms with Gasteiger partial charge in [0.1, 0.15) is 13.2 Å². The second-order valence-corrected chi connectivity index (χ2v) is 7.85. The predicted octanol–water partition coefficient (Wildman–Crippen LogP) is 3.77. The van der Waals surface area contributed by atoms with Crippen molar-refractivity contribution in [3.05, 3.63) is 52.5 Å². The number of amides is 2. The molecule has 146 valence electrons. The molecule has 0 bridgehead atoms. The summed E-state index contributed by atoms with van der Waals surface area (Å²) >= 11 is 3.46. The first-order chi connectivity index (χ1) is 13.5. The topological polar surface area (TPSA) is 67.9 Å². The zero-order valence-corrected chi connectivity index (χ0v) is 17.1. The Morgan fingerprint density at radius 2 is 1.86 bits per heavy atom. The number of fused-ring (bicyclic) bond motifs is 1. The maximum Gasteiger partial charge on any atom is 0.229 e. The number of carbonyl (C=O) groups excluding carboxylic acids is 2. The Kier molecular flexibility index (Phi) is 5.26. The van der Waals surface area contributed by atoms with Crippen LogP contribution in [0.2, 0.25) is 0 Å². The lowest BCUT2D eigenvalue weighted by atomic mass is 10.1. The van der Waals surface area contributed by atoms with E-state index in [9.17, 15) is 9.59 Å². The quantitative estimate of drug-likeness (QED) is 0.778. The van der Waals surface area contributed by atoms with Crippen molar-refractivity contribution in [1.29, 1.82) is 0 Å². The molecule has 4 rings (SSSR count). The number of likely N-dealkylation sites (tertiary alicyclic amines) is 1. The van der Waals surface area contributed by atoms with Crippen LogP contribution in [0.15, 0.2) is 46.9 Å². The van der Waals surface area contributed by atoms with Crippen molar-refractivity contribution in [2.45, 2.75) is 19.4 Å². The van der Waals surface area contributed by atoms with Crippen LogP contribution in [0.25, 0.3) is 0 Å². The highest BCUT2D eigenvalue weighted by molar-refractivity contribution is 9.10. The molecule has 28 heavy (non-hydrogen) atoms. The summed E-state index contributed by atoms with van der Waals surface area (Å²) in [6, 6.07) is 13.3. The molecule has 0 unspecified atom stereocenters. The highest BCUT2D eigenvalue weighted by Gasteiger charge is 2.37. The molecule has 2 aromatic rings. The van der Waals surface area contributed by atoms with Crippen molar-refractivity contribution >= 4 is 33.4 Å². The first-order valence-electron chi connectivity index (χ1n) is 9.27. The number of benzene rings is 2. The summed E-state index contributed by atoms with van der Waals surface area (Å²) in [5.74, 6) is 0.687. The van der Waals surface area contributed by atoms with Crippen molar-refractivity contribution in [1.82, 2.24) is 4.90 Å². The van der Waals surface area contributed by atoms with Gasteiger partial charge in [-0.15, -0.1) is 0 Å². The number of ether oxygens (including phenoxy) is 2. The number of anilines is 1. The maximum atomic E-state index is 12.8. The molecule has 6 nitrogen and oxygen atoms in total. The molecular weight excluding hydrogens is 424 g/mol. The van der Waals surface area contributed by atoms with E-state index in [4.69, 9.17) is 9.47 Å². The molecule has 2 aromatic carbocycles. The van der Waals surface area contributed by atoms with Crippen LogP contribution in [0, 0.1) is 5.92 Å². The molecule has 2 aliphatic heterocycles. The van der Waals surface area contributed by atoms with E-state index in [-0.39, 0.29) is 24.3 Å². The van der Waals surface area contributed by atoms with Gasteiger partial charge in [-0.2, -0.15) is 0 Å². The highest BCUT2D eigenvalue weighted by atomic mass is 79.9. The van der Waals surface area contributed by atoms with Gasteiger partial charge in [0, 0.05) is 29.6 Å². The van der Waals surface area contributed by atoms with E-state index in [2.05, 4.69) is 21.2 Å². The minimum atomic E-state index is -0.390. The predicted molar refractivity (Wildman–Crippen MR) is 108 cm³/mol. The summed E-state index contributed by atoms with van der Waals surface area (Å²) in [6.45, 7) is 3.38. The van der Waals surface area contributed by atoms with Gasteiger partial charge in [0.05, 0.1) is 17.6 Å². The van der Waals surface area contributed by atoms with Gasteiger partial charge in [-0.25, -0.2) is 0 Å². The third-order valence-corrected chi connectivity index (χ3v) is 5.82. The third-order valence-electron chi connectivity index (χ3n) is 5.17. The third kappa shape index (κ3) is 3.71. The Bertz CT molecular complexity index is 903. The Morgan fingerprint density at radius 1 is 1.18 bits per heavy atom. The van der Waals surface area contributed by atoms with E-state index in [1.165, 1.54) is 0 Å². The van der Waals surface area contributed by atoms with Gasteiger partial charge in [0.2, 0.25) is 11.8 Å². The number of hydrogen-bond donors (Lipinski definition) is 1. The molecule has 0 saturated carbocycles. The number of hydrogen-bond acceptors (Lipinski definition) is 4. The standard InChI is InChI=1S/C21H21BrN2O4/c1-13(14-5-3-2-4-6-14)24-12-15(9-20(24)25)21(26)23-17-11-19-18(10-16(17)22)27-7-8-28-19/h2-6,10-11,13,15H,7-9,12H2,1H3,(H,23,26)/t13-,15+/m1/s1. The monoisotopic (exact) mass is 444 g/mol. The van der Waals surface area contributed by atoms with Crippen molar-refractivity contribution < 1.29 is 19.1 Å². The fourth-order valence-electron chi connectivity index (χ4n) is 3.59. The maximum absolute atomic E-state index is 12.8. The Balaban J connectivity index is 1.45. The first kappa shape index (κ1) is 18.8. The second kappa shape index (κ2) is 7.83. The number of carbonyl (C=O) groups is 2. The lowest BCUT2D eigenvalue weighted by molar-refractivity contribution is -0.129. The van der Waals surface area contributed by atoms with Gasteiger partial charge in [0.25, 0.3) is 0 Å². The number of rotatable bonds is 4. The van der Waals surface area contributed by atoms with Crippen LogP contribution in [0.1, 0.15) is 24.9 Å². The minimum Gasteiger partial charge on any atom is -0.486 e. The average molecular weight is 445 g/mol. The largest absolute Gasteiger partial charge is 0.486 e. The molecule has 2 amide bonds. The van der Waals surface area contributed by atoms with E-state index in [1.807, 2.05) is 37.3 Å². The van der Waals surface area contributed by atoms with Crippen LogP contribution in [-0.4, -0.2) is 36.5 Å². The molecule has 0 spiro atoms. The van der Waals surface area contributed by atoms with E-state index in [0.29, 0.717) is 41.4 Å². The molecule has 1 saturated heterocycles. The zero-order chi connectivity index (χ0) is 19.7. The summed E-state index contributed by atoms with van der Waals surface area (Å²) in [7, 11) is 0. The molecule has 2 aliphatic rings. The Morgan fingerprint density at radius 3 is 2.57 bits per heavy atom. The molecule has 0 aromatic heterocycles. The van der Waals surface area contributed by atoms with E-state index >= 15 is 0 Å². The number of halogens is 1. The molecule has 0 radical (unpaired) electrons. The Labute approximate surface area is 171 Å². The molecular formula is C21H21BrN2O4. The highest BCUT2D eigenvalue weighted by Crippen LogP contribution is 2.38. The lowest BCUT2D eigenvalue weighted by Crippen LogP contribution is -2.30. The molecule has 1 N–H and O–H groups in total. The first-order valence-corrected chi connectivity index (χ1v) is 10.1. The summed E-state index contributed by atoms with van der Waals surface area (Å²) < 4.78 is 11.8. The van der Waals surface area contributed by atoms with E-state index < -0.39 is 5.92 Å². The zero-order valence-electron chi connectivity index (χ0n) is 15.5. The Hall–Kier alpha value is -2.54. The van der Waals surface area contributed by atoms with Crippen molar-refractivity contribution in [3.63, 3.8) is 0 Å². The summed E-state index contributed by atoms with van der Waals surface area (Å²) in [5, 5.41) is 2.92. The normalized spacial score (nSPS) is 19.4. The van der Waals surface area contributed by atoms with Gasteiger partial charge in [-0.1, -0.05) is 30.3 Å². The van der Waals surface area contributed by atoms with Crippen LogP contribution in [-0.2, 0) is 9.59 Å². The SMILES string of the molecule is C[C@H](c1ccccc1)N1C[C@@H](C(=O)Nc2cc3c(cc2Br)OCCO3)CC1=O. The van der Waals surface area contributed by atoms with Crippen LogP contribution >= 0.6 is 15.9 Å². The molecule has 0 aliphatic carbocycles. The lowest BCUT2D eigenvalue weighted by Gasteiger charge is -2.25.